The number of nitrogens with zero attached hydrogens (tertiary/aromatic N) is 3. The van der Waals surface area contributed by atoms with Crippen LogP contribution in [0.25, 0.3) is 0 Å². The number of hydrogen-bond acceptors (Lipinski definition) is 3. The van der Waals surface area contributed by atoms with Gasteiger partial charge in [-0.05, 0) is 18.2 Å². The second kappa shape index (κ2) is 5.95. The van der Waals surface area contributed by atoms with Crippen molar-refractivity contribution in [3.05, 3.63) is 46.5 Å². The van der Waals surface area contributed by atoms with E-state index in [2.05, 4.69) is 4.98 Å². The molecule has 21 heavy (non-hydrogen) atoms. The van der Waals surface area contributed by atoms with Crippen molar-refractivity contribution in [3.8, 4) is 5.75 Å². The largest absolute Gasteiger partial charge is 0.482 e. The van der Waals surface area contributed by atoms with Crippen LogP contribution in [-0.2, 0) is 17.9 Å². The van der Waals surface area contributed by atoms with Gasteiger partial charge in [-0.2, -0.15) is 0 Å². The van der Waals surface area contributed by atoms with Gasteiger partial charge in [-0.1, -0.05) is 23.2 Å². The second-order valence-corrected chi connectivity index (χ2v) is 5.56. The molecule has 3 rings (SSSR count). The van der Waals surface area contributed by atoms with Crippen molar-refractivity contribution in [2.45, 2.75) is 13.1 Å². The molecule has 0 unspecified atom stereocenters. The van der Waals surface area contributed by atoms with Gasteiger partial charge < -0.3 is 14.2 Å². The van der Waals surface area contributed by atoms with Crippen molar-refractivity contribution in [2.24, 2.45) is 0 Å². The average Bonchev–Trinajstić information content (AvgIpc) is 2.93. The highest BCUT2D eigenvalue weighted by molar-refractivity contribution is 6.35. The lowest BCUT2D eigenvalue weighted by Gasteiger charge is -2.27. The lowest BCUT2D eigenvalue weighted by molar-refractivity contribution is -0.134. The van der Waals surface area contributed by atoms with Gasteiger partial charge in [0, 0.05) is 30.5 Å². The van der Waals surface area contributed by atoms with E-state index in [1.807, 2.05) is 10.8 Å². The number of hydrogen-bond donors (Lipinski definition) is 0. The van der Waals surface area contributed by atoms with Crippen LogP contribution in [0.1, 0.15) is 5.82 Å². The van der Waals surface area contributed by atoms with E-state index in [1.54, 1.807) is 29.3 Å². The second-order valence-electron chi connectivity index (χ2n) is 4.72. The molecule has 0 saturated carbocycles. The minimum atomic E-state index is -0.0877. The van der Waals surface area contributed by atoms with Crippen molar-refractivity contribution < 1.29 is 9.53 Å². The van der Waals surface area contributed by atoms with Gasteiger partial charge in [0.05, 0.1) is 11.6 Å². The van der Waals surface area contributed by atoms with E-state index in [1.165, 1.54) is 0 Å². The van der Waals surface area contributed by atoms with Gasteiger partial charge in [-0.25, -0.2) is 4.98 Å². The molecule has 1 aromatic heterocycles. The van der Waals surface area contributed by atoms with E-state index < -0.39 is 0 Å². The van der Waals surface area contributed by atoms with Crippen LogP contribution < -0.4 is 4.74 Å². The van der Waals surface area contributed by atoms with Gasteiger partial charge in [-0.3, -0.25) is 4.79 Å². The maximum absolute atomic E-state index is 12.2. The monoisotopic (exact) mass is 325 g/mol. The van der Waals surface area contributed by atoms with Gasteiger partial charge >= 0.3 is 0 Å². The third-order valence-corrected chi connectivity index (χ3v) is 3.87. The summed E-state index contributed by atoms with van der Waals surface area (Å²) in [5.41, 5.74) is 0. The molecule has 0 aliphatic carbocycles. The molecule has 0 atom stereocenters. The molecule has 1 aliphatic heterocycles. The molecule has 0 spiro atoms. The molecule has 0 bridgehead atoms. The zero-order chi connectivity index (χ0) is 14.8. The van der Waals surface area contributed by atoms with E-state index in [4.69, 9.17) is 27.9 Å². The van der Waals surface area contributed by atoms with Crippen molar-refractivity contribution in [1.29, 1.82) is 0 Å². The minimum Gasteiger partial charge on any atom is -0.482 e. The molecular formula is C14H13Cl2N3O2. The number of amides is 1. The summed E-state index contributed by atoms with van der Waals surface area (Å²) in [6, 6.07) is 4.91. The van der Waals surface area contributed by atoms with Crippen molar-refractivity contribution in [2.75, 3.05) is 13.2 Å². The Hall–Kier alpha value is -1.72. The number of carbonyl (C=O) groups excluding carboxylic acids is 1. The third-order valence-electron chi connectivity index (χ3n) is 3.34. The number of halogens is 2. The summed E-state index contributed by atoms with van der Waals surface area (Å²) in [4.78, 5) is 18.1. The lowest BCUT2D eigenvalue weighted by atomic mass is 10.3. The maximum Gasteiger partial charge on any atom is 0.260 e. The first kappa shape index (κ1) is 14.2. The fourth-order valence-corrected chi connectivity index (χ4v) is 2.67. The van der Waals surface area contributed by atoms with E-state index >= 15 is 0 Å². The van der Waals surface area contributed by atoms with Crippen molar-refractivity contribution in [1.82, 2.24) is 14.5 Å². The van der Waals surface area contributed by atoms with Gasteiger partial charge in [0.2, 0.25) is 0 Å². The number of aromatic nitrogens is 2. The first-order chi connectivity index (χ1) is 10.1. The Kier molecular flexibility index (Phi) is 4.03. The predicted octanol–water partition coefficient (Wildman–Crippen LogP) is 2.61. The lowest BCUT2D eigenvalue weighted by Crippen LogP contribution is -2.40. The maximum atomic E-state index is 12.2. The van der Waals surface area contributed by atoms with Gasteiger partial charge in [0.1, 0.15) is 11.6 Å². The zero-order valence-electron chi connectivity index (χ0n) is 11.1. The minimum absolute atomic E-state index is 0.0535. The SMILES string of the molecule is O=C(COc1ccc(Cl)cc1Cl)N1CCn2ccnc2C1. The Bertz CT molecular complexity index is 672. The van der Waals surface area contributed by atoms with Crippen LogP contribution >= 0.6 is 23.2 Å². The summed E-state index contributed by atoms with van der Waals surface area (Å²) in [6.07, 6.45) is 3.66. The van der Waals surface area contributed by atoms with E-state index in [0.717, 1.165) is 12.4 Å². The summed E-state index contributed by atoms with van der Waals surface area (Å²) in [7, 11) is 0. The Morgan fingerprint density at radius 2 is 2.19 bits per heavy atom. The molecule has 1 amide bonds. The van der Waals surface area contributed by atoms with Gasteiger partial charge in [0.25, 0.3) is 5.91 Å². The number of carbonyl (C=O) groups is 1. The molecule has 0 radical (unpaired) electrons. The topological polar surface area (TPSA) is 47.4 Å². The molecule has 0 N–H and O–H groups in total. The van der Waals surface area contributed by atoms with Crippen LogP contribution in [0.4, 0.5) is 0 Å². The van der Waals surface area contributed by atoms with Crippen LogP contribution in [-0.4, -0.2) is 33.5 Å². The first-order valence-electron chi connectivity index (χ1n) is 6.49. The van der Waals surface area contributed by atoms with E-state index in [9.17, 15) is 4.79 Å². The molecule has 110 valence electrons. The van der Waals surface area contributed by atoms with Gasteiger partial charge in [0.15, 0.2) is 6.61 Å². The molecular weight excluding hydrogens is 313 g/mol. The number of ether oxygens (including phenoxy) is 1. The predicted molar refractivity (Wildman–Crippen MR) is 79.6 cm³/mol. The fourth-order valence-electron chi connectivity index (χ4n) is 2.21. The molecule has 0 saturated heterocycles. The molecule has 7 heteroatoms. The van der Waals surface area contributed by atoms with E-state index in [-0.39, 0.29) is 12.5 Å². The number of fused-ring (bicyclic) bond motifs is 1. The first-order valence-corrected chi connectivity index (χ1v) is 7.25. The molecule has 1 aliphatic rings. The average molecular weight is 326 g/mol. The van der Waals surface area contributed by atoms with E-state index in [0.29, 0.717) is 28.9 Å². The molecule has 1 aromatic carbocycles. The Morgan fingerprint density at radius 1 is 1.33 bits per heavy atom. The number of rotatable bonds is 3. The molecule has 0 fully saturated rings. The summed E-state index contributed by atoms with van der Waals surface area (Å²) < 4.78 is 7.51. The summed E-state index contributed by atoms with van der Waals surface area (Å²) in [6.45, 7) is 1.86. The quantitative estimate of drug-likeness (QED) is 0.871. The summed E-state index contributed by atoms with van der Waals surface area (Å²) in [5, 5.41) is 0.922. The van der Waals surface area contributed by atoms with Crippen molar-refractivity contribution >= 4 is 29.1 Å². The van der Waals surface area contributed by atoms with Crippen molar-refractivity contribution in [3.63, 3.8) is 0 Å². The van der Waals surface area contributed by atoms with Crippen LogP contribution in [0.15, 0.2) is 30.6 Å². The Morgan fingerprint density at radius 3 is 3.00 bits per heavy atom. The highest BCUT2D eigenvalue weighted by atomic mass is 35.5. The Labute approximate surface area is 132 Å². The smallest absolute Gasteiger partial charge is 0.260 e. The number of benzene rings is 1. The van der Waals surface area contributed by atoms with Gasteiger partial charge in [-0.15, -0.1) is 0 Å². The Balaban J connectivity index is 1.60. The third kappa shape index (κ3) is 3.14. The highest BCUT2D eigenvalue weighted by Gasteiger charge is 2.21. The zero-order valence-corrected chi connectivity index (χ0v) is 12.6. The normalized spacial score (nSPS) is 13.9. The highest BCUT2D eigenvalue weighted by Crippen LogP contribution is 2.27. The summed E-state index contributed by atoms with van der Waals surface area (Å²) >= 11 is 11.8. The van der Waals surface area contributed by atoms with Crippen LogP contribution in [0, 0.1) is 0 Å². The standard InChI is InChI=1S/C14H13Cl2N3O2/c15-10-1-2-12(11(16)7-10)21-9-14(20)19-6-5-18-4-3-17-13(18)8-19/h1-4,7H,5-6,8-9H2. The number of imidazole rings is 1. The fraction of sp³-hybridized carbons (Fsp3) is 0.286. The molecule has 2 aromatic rings. The van der Waals surface area contributed by atoms with Crippen LogP contribution in [0.5, 0.6) is 5.75 Å². The van der Waals surface area contributed by atoms with Crippen LogP contribution in [0.2, 0.25) is 10.0 Å². The summed E-state index contributed by atoms with van der Waals surface area (Å²) in [5.74, 6) is 1.25. The van der Waals surface area contributed by atoms with Crippen LogP contribution in [0.3, 0.4) is 0 Å². The molecule has 2 heterocycles. The molecule has 5 nitrogen and oxygen atoms in total.